The third-order valence-corrected chi connectivity index (χ3v) is 2.90. The second-order valence-corrected chi connectivity index (χ2v) is 4.69. The quantitative estimate of drug-likeness (QED) is 0.693. The topological polar surface area (TPSA) is 44.7 Å². The molecular weight excluding hydrogens is 269 g/mol. The van der Waals surface area contributed by atoms with Crippen LogP contribution < -0.4 is 10.3 Å². The molecule has 21 heavy (non-hydrogen) atoms. The summed E-state index contributed by atoms with van der Waals surface area (Å²) in [4.78, 5) is 13.8. The van der Waals surface area contributed by atoms with E-state index in [0.717, 1.165) is 5.69 Å². The molecule has 1 amide bonds. The Bertz CT molecular complexity index is 634. The number of carbonyl (C=O) groups is 1. The average Bonchev–Trinajstić information content (AvgIpc) is 2.49. The number of hydrogen-bond donors (Lipinski definition) is 1. The summed E-state index contributed by atoms with van der Waals surface area (Å²) in [6.07, 6.45) is 1.46. The smallest absolute Gasteiger partial charge is 0.271 e. The van der Waals surface area contributed by atoms with E-state index < -0.39 is 0 Å². The van der Waals surface area contributed by atoms with Crippen LogP contribution in [0.3, 0.4) is 0 Å². The molecule has 0 radical (unpaired) electrons. The summed E-state index contributed by atoms with van der Waals surface area (Å²) in [6, 6.07) is 13.0. The first-order valence-electron chi connectivity index (χ1n) is 6.42. The lowest BCUT2D eigenvalue weighted by atomic mass is 10.2. The minimum atomic E-state index is -0.308. The minimum absolute atomic E-state index is 0.293. The first-order valence-corrected chi connectivity index (χ1v) is 6.42. The van der Waals surface area contributed by atoms with Crippen LogP contribution in [0.4, 0.5) is 10.1 Å². The summed E-state index contributed by atoms with van der Waals surface area (Å²) >= 11 is 0. The second-order valence-electron chi connectivity index (χ2n) is 4.69. The predicted molar refractivity (Wildman–Crippen MR) is 82.2 cm³/mol. The van der Waals surface area contributed by atoms with Crippen LogP contribution in [0.1, 0.15) is 15.9 Å². The zero-order valence-corrected chi connectivity index (χ0v) is 11.9. The van der Waals surface area contributed by atoms with E-state index in [0.29, 0.717) is 11.1 Å². The van der Waals surface area contributed by atoms with Crippen molar-refractivity contribution < 1.29 is 9.18 Å². The molecule has 0 spiro atoms. The summed E-state index contributed by atoms with van der Waals surface area (Å²) in [5, 5.41) is 3.85. The van der Waals surface area contributed by atoms with E-state index in [4.69, 9.17) is 0 Å². The van der Waals surface area contributed by atoms with Crippen molar-refractivity contribution in [1.29, 1.82) is 0 Å². The van der Waals surface area contributed by atoms with Gasteiger partial charge in [-0.05, 0) is 42.0 Å². The van der Waals surface area contributed by atoms with Crippen LogP contribution in [0.25, 0.3) is 0 Å². The van der Waals surface area contributed by atoms with Crippen molar-refractivity contribution in [3.05, 3.63) is 65.5 Å². The molecule has 2 aromatic carbocycles. The van der Waals surface area contributed by atoms with Gasteiger partial charge in [-0.1, -0.05) is 12.1 Å². The molecule has 0 aromatic heterocycles. The fourth-order valence-electron chi connectivity index (χ4n) is 1.69. The molecule has 0 saturated heterocycles. The number of anilines is 1. The molecule has 2 aromatic rings. The van der Waals surface area contributed by atoms with Gasteiger partial charge in [-0.25, -0.2) is 9.82 Å². The molecule has 0 atom stereocenters. The van der Waals surface area contributed by atoms with Gasteiger partial charge in [-0.3, -0.25) is 4.79 Å². The lowest BCUT2D eigenvalue weighted by Gasteiger charge is -2.12. The van der Waals surface area contributed by atoms with E-state index in [2.05, 4.69) is 10.5 Å². The summed E-state index contributed by atoms with van der Waals surface area (Å²) in [5.74, 6) is -0.601. The van der Waals surface area contributed by atoms with Gasteiger partial charge >= 0.3 is 0 Å². The van der Waals surface area contributed by atoms with Crippen molar-refractivity contribution in [3.8, 4) is 0 Å². The van der Waals surface area contributed by atoms with Crippen LogP contribution in [0.15, 0.2) is 53.6 Å². The van der Waals surface area contributed by atoms with Crippen LogP contribution >= 0.6 is 0 Å². The van der Waals surface area contributed by atoms with Gasteiger partial charge < -0.3 is 4.90 Å². The van der Waals surface area contributed by atoms with Gasteiger partial charge in [0.2, 0.25) is 0 Å². The number of carbonyl (C=O) groups excluding carboxylic acids is 1. The first kappa shape index (κ1) is 14.7. The van der Waals surface area contributed by atoms with Gasteiger partial charge in [0, 0.05) is 25.3 Å². The van der Waals surface area contributed by atoms with Crippen LogP contribution in [-0.4, -0.2) is 26.2 Å². The number of hydrazone groups is 1. The van der Waals surface area contributed by atoms with Gasteiger partial charge in [0.25, 0.3) is 5.91 Å². The molecule has 0 aliphatic heterocycles. The number of amides is 1. The molecular formula is C16H16FN3O. The molecule has 0 bridgehead atoms. The highest BCUT2D eigenvalue weighted by Crippen LogP contribution is 2.12. The van der Waals surface area contributed by atoms with Gasteiger partial charge in [0.15, 0.2) is 0 Å². The van der Waals surface area contributed by atoms with Gasteiger partial charge in [0.05, 0.1) is 6.21 Å². The molecule has 0 fully saturated rings. The van der Waals surface area contributed by atoms with Crippen molar-refractivity contribution in [2.75, 3.05) is 19.0 Å². The van der Waals surface area contributed by atoms with E-state index in [9.17, 15) is 9.18 Å². The fourth-order valence-corrected chi connectivity index (χ4v) is 1.69. The predicted octanol–water partition coefficient (Wildman–Crippen LogP) is 2.66. The number of hydrogen-bond acceptors (Lipinski definition) is 3. The Labute approximate surface area is 122 Å². The molecule has 0 aliphatic rings. The summed E-state index contributed by atoms with van der Waals surface area (Å²) in [5.41, 5.74) is 4.68. The van der Waals surface area contributed by atoms with E-state index >= 15 is 0 Å². The van der Waals surface area contributed by atoms with Gasteiger partial charge in [-0.15, -0.1) is 0 Å². The number of halogens is 1. The lowest BCUT2D eigenvalue weighted by molar-refractivity contribution is 0.0955. The number of nitrogens with one attached hydrogen (secondary N) is 1. The van der Waals surface area contributed by atoms with Crippen LogP contribution in [0.5, 0.6) is 0 Å². The van der Waals surface area contributed by atoms with Crippen molar-refractivity contribution >= 4 is 17.8 Å². The molecule has 4 nitrogen and oxygen atoms in total. The maximum Gasteiger partial charge on any atom is 0.271 e. The average molecular weight is 285 g/mol. The van der Waals surface area contributed by atoms with E-state index in [-0.39, 0.29) is 11.7 Å². The van der Waals surface area contributed by atoms with E-state index in [1.54, 1.807) is 24.3 Å². The molecule has 0 saturated carbocycles. The van der Waals surface area contributed by atoms with Gasteiger partial charge in [0.1, 0.15) is 5.82 Å². The van der Waals surface area contributed by atoms with E-state index in [1.165, 1.54) is 18.3 Å². The molecule has 0 unspecified atom stereocenters. The third-order valence-electron chi connectivity index (χ3n) is 2.90. The summed E-state index contributed by atoms with van der Waals surface area (Å²) < 4.78 is 12.7. The van der Waals surface area contributed by atoms with Crippen LogP contribution in [0, 0.1) is 5.82 Å². The van der Waals surface area contributed by atoms with Crippen LogP contribution in [-0.2, 0) is 0 Å². The molecule has 0 aliphatic carbocycles. The normalized spacial score (nSPS) is 10.6. The highest BCUT2D eigenvalue weighted by molar-refractivity contribution is 5.95. The fraction of sp³-hybridized carbons (Fsp3) is 0.125. The molecule has 108 valence electrons. The van der Waals surface area contributed by atoms with E-state index in [1.807, 2.05) is 31.1 Å². The number of nitrogens with zero attached hydrogens (tertiary/aromatic N) is 2. The Hall–Kier alpha value is -2.69. The third kappa shape index (κ3) is 4.14. The minimum Gasteiger partial charge on any atom is -0.378 e. The summed E-state index contributed by atoms with van der Waals surface area (Å²) in [7, 11) is 3.87. The van der Waals surface area contributed by atoms with Crippen molar-refractivity contribution in [3.63, 3.8) is 0 Å². The standard InChI is InChI=1S/C16H16FN3O/c1-20(2)15-9-5-13(6-10-15)16(21)19-18-11-12-3-7-14(17)8-4-12/h3-11H,1-2H3,(H,19,21). The monoisotopic (exact) mass is 285 g/mol. The highest BCUT2D eigenvalue weighted by atomic mass is 19.1. The zero-order chi connectivity index (χ0) is 15.2. The highest BCUT2D eigenvalue weighted by Gasteiger charge is 2.04. The Morgan fingerprint density at radius 3 is 2.29 bits per heavy atom. The van der Waals surface area contributed by atoms with Gasteiger partial charge in [-0.2, -0.15) is 5.10 Å². The molecule has 0 heterocycles. The van der Waals surface area contributed by atoms with Crippen LogP contribution in [0.2, 0.25) is 0 Å². The molecule has 2 rings (SSSR count). The number of benzene rings is 2. The largest absolute Gasteiger partial charge is 0.378 e. The number of rotatable bonds is 4. The van der Waals surface area contributed by atoms with Crippen molar-refractivity contribution in [1.82, 2.24) is 5.43 Å². The maximum atomic E-state index is 12.7. The Kier molecular flexibility index (Phi) is 4.66. The van der Waals surface area contributed by atoms with Crippen molar-refractivity contribution in [2.24, 2.45) is 5.10 Å². The molecule has 1 N–H and O–H groups in total. The SMILES string of the molecule is CN(C)c1ccc(C(=O)NN=Cc2ccc(F)cc2)cc1. The maximum absolute atomic E-state index is 12.7. The zero-order valence-electron chi connectivity index (χ0n) is 11.9. The first-order chi connectivity index (χ1) is 10.1. The summed E-state index contributed by atoms with van der Waals surface area (Å²) in [6.45, 7) is 0. The Morgan fingerprint density at radius 2 is 1.71 bits per heavy atom. The second kappa shape index (κ2) is 6.65. The van der Waals surface area contributed by atoms with Crippen molar-refractivity contribution in [2.45, 2.75) is 0 Å². The Morgan fingerprint density at radius 1 is 1.10 bits per heavy atom. The lowest BCUT2D eigenvalue weighted by Crippen LogP contribution is -2.17. The molecule has 5 heteroatoms. The Balaban J connectivity index is 1.96.